The molecular formula is C17H16N2O5. The lowest BCUT2D eigenvalue weighted by Gasteiger charge is -2.09. The van der Waals surface area contributed by atoms with Crippen LogP contribution in [0.15, 0.2) is 30.6 Å². The number of ether oxygens (including phenoxy) is 3. The van der Waals surface area contributed by atoms with Gasteiger partial charge in [-0.15, -0.1) is 0 Å². The summed E-state index contributed by atoms with van der Waals surface area (Å²) in [5.74, 6) is 0.106. The molecule has 1 aromatic carbocycles. The van der Waals surface area contributed by atoms with Crippen molar-refractivity contribution in [3.63, 3.8) is 0 Å². The van der Waals surface area contributed by atoms with E-state index < -0.39 is 5.97 Å². The lowest BCUT2D eigenvalue weighted by atomic mass is 10.1. The maximum atomic E-state index is 12.2. The van der Waals surface area contributed by atoms with Gasteiger partial charge in [0, 0.05) is 18.2 Å². The van der Waals surface area contributed by atoms with Crippen LogP contribution in [0.1, 0.15) is 33.0 Å². The zero-order valence-corrected chi connectivity index (χ0v) is 13.2. The number of aromatic nitrogens is 2. The molecule has 0 bridgehead atoms. The van der Waals surface area contributed by atoms with Crippen molar-refractivity contribution >= 4 is 11.8 Å². The molecule has 2 aromatic rings. The molecule has 0 spiro atoms. The van der Waals surface area contributed by atoms with Crippen molar-refractivity contribution in [2.75, 3.05) is 19.8 Å². The van der Waals surface area contributed by atoms with Crippen molar-refractivity contribution in [3.8, 4) is 11.5 Å². The minimum absolute atomic E-state index is 0.0621. The van der Waals surface area contributed by atoms with Gasteiger partial charge < -0.3 is 14.2 Å². The third kappa shape index (κ3) is 3.68. The molecular weight excluding hydrogens is 312 g/mol. The Morgan fingerprint density at radius 3 is 2.67 bits per heavy atom. The number of nitrogens with zero attached hydrogens (tertiary/aromatic N) is 2. The summed E-state index contributed by atoms with van der Waals surface area (Å²) in [6, 6.07) is 4.90. The van der Waals surface area contributed by atoms with E-state index in [1.165, 1.54) is 12.4 Å². The molecule has 1 aromatic heterocycles. The van der Waals surface area contributed by atoms with E-state index in [0.29, 0.717) is 36.0 Å². The maximum absolute atomic E-state index is 12.2. The van der Waals surface area contributed by atoms with Gasteiger partial charge in [0.2, 0.25) is 0 Å². The normalized spacial score (nSPS) is 13.0. The average Bonchev–Trinajstić information content (AvgIpc) is 2.84. The van der Waals surface area contributed by atoms with Crippen LogP contribution < -0.4 is 9.47 Å². The number of hydrogen-bond acceptors (Lipinski definition) is 7. The maximum Gasteiger partial charge on any atom is 0.358 e. The Morgan fingerprint density at radius 1 is 1.12 bits per heavy atom. The van der Waals surface area contributed by atoms with Crippen LogP contribution >= 0.6 is 0 Å². The molecule has 24 heavy (non-hydrogen) atoms. The molecule has 1 aliphatic rings. The number of carbonyl (C=O) groups excluding carboxylic acids is 2. The molecule has 0 fully saturated rings. The Kier molecular flexibility index (Phi) is 4.69. The molecule has 0 aliphatic carbocycles. The van der Waals surface area contributed by atoms with E-state index in [1.807, 2.05) is 0 Å². The van der Waals surface area contributed by atoms with Crippen LogP contribution in [0.3, 0.4) is 0 Å². The highest BCUT2D eigenvalue weighted by Gasteiger charge is 2.16. The molecule has 0 N–H and O–H groups in total. The summed E-state index contributed by atoms with van der Waals surface area (Å²) in [5.41, 5.74) is 1.14. The largest absolute Gasteiger partial charge is 0.490 e. The fourth-order valence-corrected chi connectivity index (χ4v) is 2.12. The second-order valence-corrected chi connectivity index (χ2v) is 5.25. The van der Waals surface area contributed by atoms with Gasteiger partial charge in [0.1, 0.15) is 0 Å². The van der Waals surface area contributed by atoms with Crippen molar-refractivity contribution in [2.24, 2.45) is 0 Å². The molecule has 124 valence electrons. The summed E-state index contributed by atoms with van der Waals surface area (Å²) in [5, 5.41) is 0. The number of fused-ring (bicyclic) bond motifs is 1. The fraction of sp³-hybridized carbons (Fsp3) is 0.294. The number of carbonyl (C=O) groups is 2. The number of aryl methyl sites for hydroxylation is 1. The van der Waals surface area contributed by atoms with Crippen LogP contribution in [0.5, 0.6) is 11.5 Å². The van der Waals surface area contributed by atoms with Gasteiger partial charge in [-0.3, -0.25) is 9.78 Å². The summed E-state index contributed by atoms with van der Waals surface area (Å²) in [4.78, 5) is 31.9. The average molecular weight is 328 g/mol. The number of ketones is 1. The van der Waals surface area contributed by atoms with Crippen LogP contribution in [0.4, 0.5) is 0 Å². The smallest absolute Gasteiger partial charge is 0.358 e. The van der Waals surface area contributed by atoms with Gasteiger partial charge in [0.15, 0.2) is 29.6 Å². The minimum atomic E-state index is -0.690. The highest BCUT2D eigenvalue weighted by molar-refractivity contribution is 5.99. The Balaban J connectivity index is 1.63. The van der Waals surface area contributed by atoms with Crippen molar-refractivity contribution in [3.05, 3.63) is 47.5 Å². The van der Waals surface area contributed by atoms with Crippen LogP contribution in [-0.2, 0) is 4.74 Å². The predicted octanol–water partition coefficient (Wildman–Crippen LogP) is 1.99. The van der Waals surface area contributed by atoms with Gasteiger partial charge in [0.05, 0.1) is 25.1 Å². The van der Waals surface area contributed by atoms with Crippen molar-refractivity contribution in [2.45, 2.75) is 13.3 Å². The van der Waals surface area contributed by atoms with Crippen LogP contribution in [0.2, 0.25) is 0 Å². The van der Waals surface area contributed by atoms with E-state index in [1.54, 1.807) is 25.1 Å². The van der Waals surface area contributed by atoms with Gasteiger partial charge in [-0.05, 0) is 25.1 Å². The Labute approximate surface area is 138 Å². The first kappa shape index (κ1) is 15.9. The lowest BCUT2D eigenvalue weighted by Crippen LogP contribution is -2.15. The third-order valence-electron chi connectivity index (χ3n) is 3.39. The van der Waals surface area contributed by atoms with Gasteiger partial charge in [-0.25, -0.2) is 9.78 Å². The number of hydrogen-bond donors (Lipinski definition) is 0. The zero-order valence-electron chi connectivity index (χ0n) is 13.2. The number of Topliss-reactive ketones (excluding diaryl/α,β-unsaturated/α-hetero) is 1. The predicted molar refractivity (Wildman–Crippen MR) is 83.4 cm³/mol. The van der Waals surface area contributed by atoms with Crippen molar-refractivity contribution < 1.29 is 23.8 Å². The second-order valence-electron chi connectivity index (χ2n) is 5.25. The number of benzene rings is 1. The Morgan fingerprint density at radius 2 is 1.92 bits per heavy atom. The zero-order chi connectivity index (χ0) is 16.9. The third-order valence-corrected chi connectivity index (χ3v) is 3.39. The number of rotatable bonds is 4. The lowest BCUT2D eigenvalue weighted by molar-refractivity contribution is 0.0468. The molecule has 7 heteroatoms. The first-order chi connectivity index (χ1) is 11.6. The summed E-state index contributed by atoms with van der Waals surface area (Å²) in [6.45, 7) is 2.49. The minimum Gasteiger partial charge on any atom is -0.490 e. The molecule has 0 atom stereocenters. The van der Waals surface area contributed by atoms with E-state index in [0.717, 1.165) is 6.42 Å². The van der Waals surface area contributed by atoms with Gasteiger partial charge >= 0.3 is 5.97 Å². The quantitative estimate of drug-likeness (QED) is 0.626. The van der Waals surface area contributed by atoms with Gasteiger partial charge in [0.25, 0.3) is 0 Å². The fourth-order valence-electron chi connectivity index (χ4n) is 2.12. The number of esters is 1. The molecule has 0 saturated heterocycles. The van der Waals surface area contributed by atoms with E-state index in [4.69, 9.17) is 14.2 Å². The van der Waals surface area contributed by atoms with Crippen LogP contribution in [0, 0.1) is 6.92 Å². The Hall–Kier alpha value is -2.96. The molecule has 1 aliphatic heterocycles. The molecule has 0 saturated carbocycles. The molecule has 0 unspecified atom stereocenters. The molecule has 7 nitrogen and oxygen atoms in total. The second kappa shape index (κ2) is 7.08. The molecule has 0 amide bonds. The summed E-state index contributed by atoms with van der Waals surface area (Å²) >= 11 is 0. The SMILES string of the molecule is Cc1cnc(C(=O)OCC(=O)c2ccc3c(c2)OCCCO3)cn1. The van der Waals surface area contributed by atoms with Gasteiger partial charge in [-0.2, -0.15) is 0 Å². The Bertz CT molecular complexity index is 758. The van der Waals surface area contributed by atoms with Crippen molar-refractivity contribution in [1.82, 2.24) is 9.97 Å². The van der Waals surface area contributed by atoms with E-state index in [-0.39, 0.29) is 18.1 Å². The van der Waals surface area contributed by atoms with Crippen LogP contribution in [-0.4, -0.2) is 41.5 Å². The first-order valence-corrected chi connectivity index (χ1v) is 7.52. The standard InChI is InChI=1S/C17H16N2O5/c1-11-8-19-13(9-18-11)17(21)24-10-14(20)12-3-4-15-16(7-12)23-6-2-5-22-15/h3-4,7-9H,2,5-6,10H2,1H3. The monoisotopic (exact) mass is 328 g/mol. The van der Waals surface area contributed by atoms with E-state index >= 15 is 0 Å². The topological polar surface area (TPSA) is 87.6 Å². The highest BCUT2D eigenvalue weighted by atomic mass is 16.5. The van der Waals surface area contributed by atoms with Crippen LogP contribution in [0.25, 0.3) is 0 Å². The molecule has 3 rings (SSSR count). The first-order valence-electron chi connectivity index (χ1n) is 7.52. The van der Waals surface area contributed by atoms with E-state index in [2.05, 4.69) is 9.97 Å². The summed E-state index contributed by atoms with van der Waals surface area (Å²) in [6.07, 6.45) is 3.56. The molecule has 2 heterocycles. The van der Waals surface area contributed by atoms with E-state index in [9.17, 15) is 9.59 Å². The summed E-state index contributed by atoms with van der Waals surface area (Å²) < 4.78 is 16.0. The van der Waals surface area contributed by atoms with Crippen molar-refractivity contribution in [1.29, 1.82) is 0 Å². The molecule has 0 radical (unpaired) electrons. The highest BCUT2D eigenvalue weighted by Crippen LogP contribution is 2.30. The van der Waals surface area contributed by atoms with Gasteiger partial charge in [-0.1, -0.05) is 0 Å². The summed E-state index contributed by atoms with van der Waals surface area (Å²) in [7, 11) is 0.